The number of ether oxygens (including phenoxy) is 1. The van der Waals surface area contributed by atoms with Gasteiger partial charge >= 0.3 is 0 Å². The SMILES string of the molecule is O=c1ccn2[nH]c(C3CCCO3)nc2c1. The van der Waals surface area contributed by atoms with Gasteiger partial charge in [-0.2, -0.15) is 0 Å². The third-order valence-electron chi connectivity index (χ3n) is 2.61. The largest absolute Gasteiger partial charge is 0.370 e. The zero-order chi connectivity index (χ0) is 10.3. The van der Waals surface area contributed by atoms with Crippen LogP contribution in [0.25, 0.3) is 5.65 Å². The van der Waals surface area contributed by atoms with Crippen molar-refractivity contribution in [2.24, 2.45) is 0 Å². The molecule has 2 aromatic heterocycles. The quantitative estimate of drug-likeness (QED) is 0.751. The number of rotatable bonds is 1. The summed E-state index contributed by atoms with van der Waals surface area (Å²) >= 11 is 0. The Kier molecular flexibility index (Phi) is 1.85. The first-order valence-electron chi connectivity index (χ1n) is 5.03. The topological polar surface area (TPSA) is 59.4 Å². The fraction of sp³-hybridized carbons (Fsp3) is 0.400. The summed E-state index contributed by atoms with van der Waals surface area (Å²) < 4.78 is 7.25. The Morgan fingerprint density at radius 2 is 2.53 bits per heavy atom. The van der Waals surface area contributed by atoms with Gasteiger partial charge in [0.2, 0.25) is 0 Å². The predicted molar refractivity (Wildman–Crippen MR) is 53.7 cm³/mol. The van der Waals surface area contributed by atoms with Crippen LogP contribution in [0.2, 0.25) is 0 Å². The van der Waals surface area contributed by atoms with Crippen LogP contribution in [-0.4, -0.2) is 21.2 Å². The predicted octanol–water partition coefficient (Wildman–Crippen LogP) is 0.874. The molecule has 1 aliphatic rings. The molecule has 3 heterocycles. The van der Waals surface area contributed by atoms with Crippen molar-refractivity contribution in [3.05, 3.63) is 34.4 Å². The van der Waals surface area contributed by atoms with E-state index < -0.39 is 0 Å². The maximum atomic E-state index is 11.1. The lowest BCUT2D eigenvalue weighted by Gasteiger charge is -2.02. The number of aromatic nitrogens is 3. The average Bonchev–Trinajstić information content (AvgIpc) is 2.84. The Bertz CT molecular complexity index is 537. The molecule has 0 aromatic carbocycles. The van der Waals surface area contributed by atoms with Crippen LogP contribution in [0.3, 0.4) is 0 Å². The standard InChI is InChI=1S/C10H11N3O2/c14-7-3-4-13-9(6-7)11-10(12-13)8-2-1-5-15-8/h3-4,6,8H,1-2,5H2,(H,11,12). The maximum absolute atomic E-state index is 11.1. The first-order valence-corrected chi connectivity index (χ1v) is 5.03. The Hall–Kier alpha value is -1.62. The molecular formula is C10H11N3O2. The van der Waals surface area contributed by atoms with Crippen LogP contribution < -0.4 is 5.43 Å². The van der Waals surface area contributed by atoms with Gasteiger partial charge < -0.3 is 4.74 Å². The van der Waals surface area contributed by atoms with Gasteiger partial charge in [-0.25, -0.2) is 9.50 Å². The van der Waals surface area contributed by atoms with E-state index in [4.69, 9.17) is 4.74 Å². The van der Waals surface area contributed by atoms with Crippen molar-refractivity contribution in [1.29, 1.82) is 0 Å². The van der Waals surface area contributed by atoms with E-state index in [-0.39, 0.29) is 11.5 Å². The van der Waals surface area contributed by atoms with E-state index in [2.05, 4.69) is 10.1 Å². The van der Waals surface area contributed by atoms with Gasteiger partial charge in [0.1, 0.15) is 6.10 Å². The van der Waals surface area contributed by atoms with E-state index in [0.29, 0.717) is 5.65 Å². The lowest BCUT2D eigenvalue weighted by Crippen LogP contribution is -1.99. The number of aromatic amines is 1. The second kappa shape index (κ2) is 3.20. The third kappa shape index (κ3) is 1.45. The molecule has 5 nitrogen and oxygen atoms in total. The van der Waals surface area contributed by atoms with Gasteiger partial charge in [0.05, 0.1) is 0 Å². The molecule has 0 radical (unpaired) electrons. The number of hydrogen-bond acceptors (Lipinski definition) is 3. The molecule has 1 fully saturated rings. The van der Waals surface area contributed by atoms with E-state index in [1.54, 1.807) is 10.7 Å². The molecule has 2 aromatic rings. The molecule has 0 saturated carbocycles. The minimum Gasteiger partial charge on any atom is -0.370 e. The number of pyridine rings is 1. The van der Waals surface area contributed by atoms with Gasteiger partial charge in [-0.1, -0.05) is 0 Å². The molecule has 0 spiro atoms. The second-order valence-electron chi connectivity index (χ2n) is 3.70. The molecular weight excluding hydrogens is 194 g/mol. The molecule has 1 aliphatic heterocycles. The van der Waals surface area contributed by atoms with Crippen LogP contribution in [0, 0.1) is 0 Å². The monoisotopic (exact) mass is 205 g/mol. The Labute approximate surface area is 85.7 Å². The van der Waals surface area contributed by atoms with Gasteiger partial charge in [-0.15, -0.1) is 0 Å². The third-order valence-corrected chi connectivity index (χ3v) is 2.61. The zero-order valence-electron chi connectivity index (χ0n) is 8.14. The summed E-state index contributed by atoms with van der Waals surface area (Å²) in [4.78, 5) is 15.5. The average molecular weight is 205 g/mol. The van der Waals surface area contributed by atoms with Crippen LogP contribution in [0.1, 0.15) is 24.8 Å². The van der Waals surface area contributed by atoms with Crippen LogP contribution >= 0.6 is 0 Å². The number of nitrogens with zero attached hydrogens (tertiary/aromatic N) is 2. The maximum Gasteiger partial charge on any atom is 0.183 e. The van der Waals surface area contributed by atoms with Crippen LogP contribution in [0.15, 0.2) is 23.1 Å². The molecule has 1 N–H and O–H groups in total. The first kappa shape index (κ1) is 8.67. The highest BCUT2D eigenvalue weighted by Crippen LogP contribution is 2.25. The van der Waals surface area contributed by atoms with Crippen molar-refractivity contribution in [3.8, 4) is 0 Å². The lowest BCUT2D eigenvalue weighted by molar-refractivity contribution is 0.105. The molecule has 0 aliphatic carbocycles. The van der Waals surface area contributed by atoms with Crippen LogP contribution in [0.4, 0.5) is 0 Å². The summed E-state index contributed by atoms with van der Waals surface area (Å²) in [5.74, 6) is 0.804. The minimum absolute atomic E-state index is 0.0274. The van der Waals surface area contributed by atoms with E-state index in [1.807, 2.05) is 0 Å². The Balaban J connectivity index is 2.09. The van der Waals surface area contributed by atoms with Gasteiger partial charge in [-0.05, 0) is 12.8 Å². The summed E-state index contributed by atoms with van der Waals surface area (Å²) in [6.45, 7) is 0.791. The molecule has 1 unspecified atom stereocenters. The van der Waals surface area contributed by atoms with Crippen molar-refractivity contribution >= 4 is 5.65 Å². The highest BCUT2D eigenvalue weighted by molar-refractivity contribution is 5.36. The van der Waals surface area contributed by atoms with Crippen molar-refractivity contribution in [3.63, 3.8) is 0 Å². The van der Waals surface area contributed by atoms with E-state index in [0.717, 1.165) is 25.3 Å². The van der Waals surface area contributed by atoms with Gasteiger partial charge in [0, 0.05) is 24.9 Å². The molecule has 0 amide bonds. The summed E-state index contributed by atoms with van der Waals surface area (Å²) in [5, 5.41) is 3.11. The molecule has 0 bridgehead atoms. The number of fused-ring (bicyclic) bond motifs is 1. The zero-order valence-corrected chi connectivity index (χ0v) is 8.14. The summed E-state index contributed by atoms with van der Waals surface area (Å²) in [5.41, 5.74) is 0.619. The minimum atomic E-state index is -0.0274. The van der Waals surface area contributed by atoms with Crippen molar-refractivity contribution in [2.75, 3.05) is 6.61 Å². The van der Waals surface area contributed by atoms with E-state index in [1.165, 1.54) is 12.1 Å². The number of H-pyrrole nitrogens is 1. The molecule has 78 valence electrons. The fourth-order valence-corrected chi connectivity index (χ4v) is 1.86. The van der Waals surface area contributed by atoms with E-state index in [9.17, 15) is 4.79 Å². The summed E-state index contributed by atoms with van der Waals surface area (Å²) in [6, 6.07) is 3.01. The fourth-order valence-electron chi connectivity index (χ4n) is 1.86. The summed E-state index contributed by atoms with van der Waals surface area (Å²) in [6.07, 6.45) is 3.80. The highest BCUT2D eigenvalue weighted by Gasteiger charge is 2.20. The van der Waals surface area contributed by atoms with E-state index >= 15 is 0 Å². The van der Waals surface area contributed by atoms with Crippen molar-refractivity contribution in [1.82, 2.24) is 14.6 Å². The van der Waals surface area contributed by atoms with Crippen LogP contribution in [0.5, 0.6) is 0 Å². The number of hydrogen-bond donors (Lipinski definition) is 1. The smallest absolute Gasteiger partial charge is 0.183 e. The summed E-state index contributed by atoms with van der Waals surface area (Å²) in [7, 11) is 0. The van der Waals surface area contributed by atoms with Gasteiger partial charge in [0.25, 0.3) is 0 Å². The Morgan fingerprint density at radius 3 is 3.33 bits per heavy atom. The Morgan fingerprint density at radius 1 is 1.60 bits per heavy atom. The van der Waals surface area contributed by atoms with Crippen molar-refractivity contribution < 1.29 is 4.74 Å². The number of nitrogens with one attached hydrogen (secondary N) is 1. The normalized spacial score (nSPS) is 21.2. The van der Waals surface area contributed by atoms with Crippen LogP contribution in [-0.2, 0) is 4.74 Å². The highest BCUT2D eigenvalue weighted by atomic mass is 16.5. The second-order valence-corrected chi connectivity index (χ2v) is 3.70. The molecule has 5 heteroatoms. The molecule has 15 heavy (non-hydrogen) atoms. The van der Waals surface area contributed by atoms with Crippen molar-refractivity contribution in [2.45, 2.75) is 18.9 Å². The molecule has 1 atom stereocenters. The molecule has 1 saturated heterocycles. The lowest BCUT2D eigenvalue weighted by atomic mass is 10.2. The van der Waals surface area contributed by atoms with Gasteiger partial charge in [-0.3, -0.25) is 9.89 Å². The van der Waals surface area contributed by atoms with Gasteiger partial charge in [0.15, 0.2) is 16.9 Å². The molecule has 3 rings (SSSR count). The first-order chi connectivity index (χ1) is 7.33.